The van der Waals surface area contributed by atoms with Gasteiger partial charge in [-0.25, -0.2) is 23.2 Å². The lowest BCUT2D eigenvalue weighted by atomic mass is 10.3. The Balaban J connectivity index is 2.03. The molecule has 1 aromatic heterocycles. The second-order valence-electron chi connectivity index (χ2n) is 4.55. The molecule has 10 heteroatoms. The van der Waals surface area contributed by atoms with Gasteiger partial charge in [-0.3, -0.25) is 4.79 Å². The van der Waals surface area contributed by atoms with Gasteiger partial charge < -0.3 is 10.0 Å². The lowest BCUT2D eigenvalue weighted by molar-refractivity contribution is 0.0674. The standard InChI is InChI=1S/C11H14N4O5S/c1-21(19,20)15-4-2-14(3-5-15)10(16)8-6-13-9(7-12-8)11(17)18/h6-7H,2-5H2,1H3,(H,17,18). The van der Waals surface area contributed by atoms with Gasteiger partial charge in [-0.05, 0) is 0 Å². The lowest BCUT2D eigenvalue weighted by Crippen LogP contribution is -2.50. The first-order valence-electron chi connectivity index (χ1n) is 6.09. The summed E-state index contributed by atoms with van der Waals surface area (Å²) < 4.78 is 24.1. The molecule has 1 saturated heterocycles. The molecule has 1 aliphatic heterocycles. The van der Waals surface area contributed by atoms with Crippen molar-refractivity contribution >= 4 is 21.9 Å². The Morgan fingerprint density at radius 1 is 1.10 bits per heavy atom. The number of nitrogens with zero attached hydrogens (tertiary/aromatic N) is 4. The molecule has 0 bridgehead atoms. The quantitative estimate of drug-likeness (QED) is 0.751. The van der Waals surface area contributed by atoms with Crippen LogP contribution in [0.4, 0.5) is 0 Å². The van der Waals surface area contributed by atoms with Crippen LogP contribution in [-0.4, -0.2) is 77.0 Å². The fourth-order valence-corrected chi connectivity index (χ4v) is 2.76. The number of amides is 1. The molecule has 2 heterocycles. The van der Waals surface area contributed by atoms with Crippen LogP contribution in [0.3, 0.4) is 0 Å². The van der Waals surface area contributed by atoms with Crippen molar-refractivity contribution in [3.63, 3.8) is 0 Å². The average molecular weight is 314 g/mol. The van der Waals surface area contributed by atoms with E-state index in [4.69, 9.17) is 5.11 Å². The van der Waals surface area contributed by atoms with E-state index in [-0.39, 0.29) is 37.6 Å². The minimum Gasteiger partial charge on any atom is -0.476 e. The Kier molecular flexibility index (Phi) is 4.19. The topological polar surface area (TPSA) is 121 Å². The molecular weight excluding hydrogens is 300 g/mol. The largest absolute Gasteiger partial charge is 0.476 e. The van der Waals surface area contributed by atoms with Crippen molar-refractivity contribution in [2.24, 2.45) is 0 Å². The monoisotopic (exact) mass is 314 g/mol. The molecule has 9 nitrogen and oxygen atoms in total. The fraction of sp³-hybridized carbons (Fsp3) is 0.455. The highest BCUT2D eigenvalue weighted by Gasteiger charge is 2.27. The zero-order valence-corrected chi connectivity index (χ0v) is 12.1. The van der Waals surface area contributed by atoms with E-state index in [1.54, 1.807) is 0 Å². The molecule has 2 rings (SSSR count). The van der Waals surface area contributed by atoms with Gasteiger partial charge in [-0.2, -0.15) is 4.31 Å². The molecule has 1 aromatic rings. The average Bonchev–Trinajstić information content (AvgIpc) is 2.46. The summed E-state index contributed by atoms with van der Waals surface area (Å²) in [4.78, 5) is 31.7. The van der Waals surface area contributed by atoms with Crippen molar-refractivity contribution in [2.45, 2.75) is 0 Å². The van der Waals surface area contributed by atoms with E-state index < -0.39 is 21.9 Å². The van der Waals surface area contributed by atoms with Gasteiger partial charge in [0.1, 0.15) is 5.69 Å². The molecule has 1 N–H and O–H groups in total. The van der Waals surface area contributed by atoms with E-state index in [1.165, 1.54) is 9.21 Å². The molecule has 1 amide bonds. The Bertz CT molecular complexity index is 650. The van der Waals surface area contributed by atoms with Gasteiger partial charge in [-0.15, -0.1) is 0 Å². The Morgan fingerprint density at radius 3 is 2.05 bits per heavy atom. The van der Waals surface area contributed by atoms with E-state index in [0.29, 0.717) is 0 Å². The third-order valence-corrected chi connectivity index (χ3v) is 4.39. The summed E-state index contributed by atoms with van der Waals surface area (Å²) in [6.07, 6.45) is 3.25. The van der Waals surface area contributed by atoms with Crippen LogP contribution < -0.4 is 0 Å². The predicted molar refractivity (Wildman–Crippen MR) is 71.3 cm³/mol. The van der Waals surface area contributed by atoms with E-state index in [1.807, 2.05) is 0 Å². The number of piperazine rings is 1. The smallest absolute Gasteiger partial charge is 0.356 e. The fourth-order valence-electron chi connectivity index (χ4n) is 1.93. The zero-order valence-electron chi connectivity index (χ0n) is 11.3. The molecule has 0 saturated carbocycles. The summed E-state index contributed by atoms with van der Waals surface area (Å²) in [5, 5.41) is 8.71. The van der Waals surface area contributed by atoms with Gasteiger partial charge in [0.15, 0.2) is 5.69 Å². The summed E-state index contributed by atoms with van der Waals surface area (Å²) in [5.41, 5.74) is -0.207. The van der Waals surface area contributed by atoms with Crippen LogP contribution >= 0.6 is 0 Å². The normalized spacial score (nSPS) is 16.7. The highest BCUT2D eigenvalue weighted by atomic mass is 32.2. The maximum absolute atomic E-state index is 12.1. The maximum Gasteiger partial charge on any atom is 0.356 e. The first-order chi connectivity index (χ1) is 9.79. The summed E-state index contributed by atoms with van der Waals surface area (Å²) >= 11 is 0. The van der Waals surface area contributed by atoms with Crippen LogP contribution in [0.15, 0.2) is 12.4 Å². The van der Waals surface area contributed by atoms with Crippen LogP contribution in [0.5, 0.6) is 0 Å². The minimum atomic E-state index is -3.25. The number of hydrogen-bond acceptors (Lipinski definition) is 6. The van der Waals surface area contributed by atoms with Gasteiger partial charge in [0, 0.05) is 26.2 Å². The summed E-state index contributed by atoms with van der Waals surface area (Å²) in [5.74, 6) is -1.61. The second kappa shape index (κ2) is 5.74. The number of sulfonamides is 1. The van der Waals surface area contributed by atoms with Gasteiger partial charge >= 0.3 is 5.97 Å². The Labute approximate surface area is 121 Å². The molecule has 0 unspecified atom stereocenters. The number of carbonyl (C=O) groups excluding carboxylic acids is 1. The van der Waals surface area contributed by atoms with Gasteiger partial charge in [0.25, 0.3) is 5.91 Å². The minimum absolute atomic E-state index is 0.0350. The number of carboxylic acids is 1. The summed E-state index contributed by atoms with van der Waals surface area (Å²) in [6, 6.07) is 0. The molecule has 21 heavy (non-hydrogen) atoms. The van der Waals surface area contributed by atoms with E-state index >= 15 is 0 Å². The molecule has 1 fully saturated rings. The number of carbonyl (C=O) groups is 2. The van der Waals surface area contributed by atoms with Crippen molar-refractivity contribution in [1.29, 1.82) is 0 Å². The van der Waals surface area contributed by atoms with Crippen LogP contribution in [0.1, 0.15) is 21.0 Å². The molecule has 0 radical (unpaired) electrons. The molecule has 114 valence electrons. The molecular formula is C11H14N4O5S. The van der Waals surface area contributed by atoms with Crippen LogP contribution in [0, 0.1) is 0 Å². The molecule has 1 aliphatic rings. The summed E-state index contributed by atoms with van der Waals surface area (Å²) in [6.45, 7) is 0.971. The van der Waals surface area contributed by atoms with Crippen LogP contribution in [0.2, 0.25) is 0 Å². The van der Waals surface area contributed by atoms with Crippen LogP contribution in [-0.2, 0) is 10.0 Å². The first-order valence-corrected chi connectivity index (χ1v) is 7.93. The number of carboxylic acid groups (broad SMARTS) is 1. The SMILES string of the molecule is CS(=O)(=O)N1CCN(C(=O)c2cnc(C(=O)O)cn2)CC1. The molecule has 0 atom stereocenters. The van der Waals surface area contributed by atoms with Crippen molar-refractivity contribution < 1.29 is 23.1 Å². The van der Waals surface area contributed by atoms with E-state index in [9.17, 15) is 18.0 Å². The molecule has 0 aromatic carbocycles. The maximum atomic E-state index is 12.1. The first kappa shape index (κ1) is 15.3. The van der Waals surface area contributed by atoms with Crippen molar-refractivity contribution in [1.82, 2.24) is 19.2 Å². The van der Waals surface area contributed by atoms with Crippen molar-refractivity contribution in [3.8, 4) is 0 Å². The van der Waals surface area contributed by atoms with Crippen molar-refractivity contribution in [2.75, 3.05) is 32.4 Å². The zero-order chi connectivity index (χ0) is 15.6. The lowest BCUT2D eigenvalue weighted by Gasteiger charge is -2.32. The number of aromatic carboxylic acids is 1. The number of hydrogen-bond donors (Lipinski definition) is 1. The second-order valence-corrected chi connectivity index (χ2v) is 6.53. The highest BCUT2D eigenvalue weighted by Crippen LogP contribution is 2.09. The van der Waals surface area contributed by atoms with Gasteiger partial charge in [0.2, 0.25) is 10.0 Å². The summed E-state index contributed by atoms with van der Waals surface area (Å²) in [7, 11) is -3.25. The van der Waals surface area contributed by atoms with Crippen molar-refractivity contribution in [3.05, 3.63) is 23.8 Å². The van der Waals surface area contributed by atoms with Gasteiger partial charge in [-0.1, -0.05) is 0 Å². The van der Waals surface area contributed by atoms with Crippen LogP contribution in [0.25, 0.3) is 0 Å². The van der Waals surface area contributed by atoms with E-state index in [0.717, 1.165) is 18.6 Å². The predicted octanol–water partition coefficient (Wildman–Crippen LogP) is -1.11. The Hall–Kier alpha value is -2.07. The molecule has 0 spiro atoms. The number of rotatable bonds is 3. The molecule has 0 aliphatic carbocycles. The third kappa shape index (κ3) is 3.52. The van der Waals surface area contributed by atoms with Gasteiger partial charge in [0.05, 0.1) is 18.6 Å². The third-order valence-electron chi connectivity index (χ3n) is 3.08. The Morgan fingerprint density at radius 2 is 1.62 bits per heavy atom. The number of aromatic nitrogens is 2. The highest BCUT2D eigenvalue weighted by molar-refractivity contribution is 7.88. The van der Waals surface area contributed by atoms with E-state index in [2.05, 4.69) is 9.97 Å².